The van der Waals surface area contributed by atoms with E-state index in [1.54, 1.807) is 24.3 Å². The summed E-state index contributed by atoms with van der Waals surface area (Å²) in [5.41, 5.74) is 0.459. The molecule has 0 atom stereocenters. The number of hydrogen-bond acceptors (Lipinski definition) is 4. The lowest BCUT2D eigenvalue weighted by atomic mass is 10.2. The van der Waals surface area contributed by atoms with Crippen molar-refractivity contribution in [2.24, 2.45) is 0 Å². The summed E-state index contributed by atoms with van der Waals surface area (Å²) in [5, 5.41) is 15.5. The predicted molar refractivity (Wildman–Crippen MR) is 71.5 cm³/mol. The lowest BCUT2D eigenvalue weighted by Crippen LogP contribution is -1.95. The number of fused-ring (bicyclic) bond motifs is 1. The molecular formula is C14H12N2O3. The molecule has 0 radical (unpaired) electrons. The van der Waals surface area contributed by atoms with E-state index in [4.69, 9.17) is 9.63 Å². The maximum Gasteiger partial charge on any atom is 0.358 e. The van der Waals surface area contributed by atoms with E-state index in [-0.39, 0.29) is 5.69 Å². The van der Waals surface area contributed by atoms with Gasteiger partial charge in [0.2, 0.25) is 0 Å². The average Bonchev–Trinajstić information content (AvgIpc) is 2.63. The zero-order valence-electron chi connectivity index (χ0n) is 9.98. The predicted octanol–water partition coefficient (Wildman–Crippen LogP) is 2.70. The van der Waals surface area contributed by atoms with Crippen molar-refractivity contribution < 1.29 is 14.4 Å². The van der Waals surface area contributed by atoms with Gasteiger partial charge in [0, 0.05) is 12.4 Å². The van der Waals surface area contributed by atoms with Crippen molar-refractivity contribution in [1.29, 1.82) is 0 Å². The van der Waals surface area contributed by atoms with Gasteiger partial charge in [0.05, 0.1) is 5.39 Å². The Hall–Kier alpha value is -2.82. The third kappa shape index (κ3) is 3.32. The zero-order valence-corrected chi connectivity index (χ0v) is 9.98. The topological polar surface area (TPSA) is 75.4 Å². The van der Waals surface area contributed by atoms with Crippen molar-refractivity contribution in [3.63, 3.8) is 0 Å². The average molecular weight is 256 g/mol. The van der Waals surface area contributed by atoms with Crippen molar-refractivity contribution >= 4 is 16.9 Å². The van der Waals surface area contributed by atoms with Crippen LogP contribution < -0.4 is 5.32 Å². The number of para-hydroxylation sites is 1. The number of carboxylic acids is 1. The first-order valence-electron chi connectivity index (χ1n) is 5.61. The first kappa shape index (κ1) is 12.6. The number of carboxylic acid groups (broad SMARTS) is 1. The van der Waals surface area contributed by atoms with Gasteiger partial charge in [-0.25, -0.2) is 4.79 Å². The largest absolute Gasteiger partial charge is 0.476 e. The van der Waals surface area contributed by atoms with Gasteiger partial charge in [0.15, 0.2) is 11.3 Å². The molecule has 2 aromatic rings. The summed E-state index contributed by atoms with van der Waals surface area (Å²) in [5.74, 6) is -1.07. The van der Waals surface area contributed by atoms with Crippen molar-refractivity contribution in [1.82, 2.24) is 10.5 Å². The second kappa shape index (κ2) is 6.20. The van der Waals surface area contributed by atoms with Crippen LogP contribution in [-0.2, 0) is 0 Å². The van der Waals surface area contributed by atoms with Gasteiger partial charge in [0.1, 0.15) is 0 Å². The Bertz CT molecular complexity index is 640. The fourth-order valence-electron chi connectivity index (χ4n) is 1.45. The molecule has 2 N–H and O–H groups in total. The van der Waals surface area contributed by atoms with Crippen LogP contribution in [0.2, 0.25) is 0 Å². The summed E-state index contributed by atoms with van der Waals surface area (Å²) in [6.45, 7) is 0. The highest BCUT2D eigenvalue weighted by Gasteiger charge is 2.13. The summed E-state index contributed by atoms with van der Waals surface area (Å²) in [4.78, 5) is 10.6. The molecule has 1 aliphatic heterocycles. The Morgan fingerprint density at radius 3 is 2.47 bits per heavy atom. The highest BCUT2D eigenvalue weighted by molar-refractivity contribution is 5.99. The minimum Gasteiger partial charge on any atom is -0.476 e. The van der Waals surface area contributed by atoms with E-state index in [2.05, 4.69) is 10.5 Å². The number of benzene rings is 1. The molecule has 0 bridgehead atoms. The molecular weight excluding hydrogens is 244 g/mol. The van der Waals surface area contributed by atoms with Gasteiger partial charge >= 0.3 is 5.97 Å². The minimum absolute atomic E-state index is 0.0365. The fourth-order valence-corrected chi connectivity index (χ4v) is 1.45. The van der Waals surface area contributed by atoms with Crippen LogP contribution in [0, 0.1) is 0 Å². The molecule has 0 unspecified atom stereocenters. The number of hydrogen-bond donors (Lipinski definition) is 2. The first-order valence-corrected chi connectivity index (χ1v) is 5.61. The van der Waals surface area contributed by atoms with E-state index in [0.717, 1.165) is 0 Å². The van der Waals surface area contributed by atoms with Gasteiger partial charge in [-0.15, -0.1) is 0 Å². The maximum atomic E-state index is 10.6. The van der Waals surface area contributed by atoms with Crippen molar-refractivity contribution in [2.45, 2.75) is 0 Å². The molecule has 96 valence electrons. The number of allylic oxidation sites excluding steroid dienone is 4. The van der Waals surface area contributed by atoms with Crippen molar-refractivity contribution in [3.8, 4) is 0 Å². The first-order chi connectivity index (χ1) is 9.29. The summed E-state index contributed by atoms with van der Waals surface area (Å²) in [7, 11) is 0. The number of aromatic nitrogens is 1. The quantitative estimate of drug-likeness (QED) is 0.820. The molecule has 2 heterocycles. The molecule has 0 fully saturated rings. The van der Waals surface area contributed by atoms with E-state index >= 15 is 0 Å². The second-order valence-corrected chi connectivity index (χ2v) is 3.60. The van der Waals surface area contributed by atoms with Crippen LogP contribution in [0.25, 0.3) is 11.0 Å². The van der Waals surface area contributed by atoms with Crippen LogP contribution in [0.3, 0.4) is 0 Å². The van der Waals surface area contributed by atoms with Gasteiger partial charge in [-0.3, -0.25) is 0 Å². The van der Waals surface area contributed by atoms with E-state index in [0.29, 0.717) is 11.0 Å². The van der Waals surface area contributed by atoms with Crippen LogP contribution in [0.4, 0.5) is 0 Å². The Morgan fingerprint density at radius 2 is 1.79 bits per heavy atom. The number of aromatic carboxylic acids is 1. The molecule has 0 amide bonds. The Balaban J connectivity index is 0.000000163. The lowest BCUT2D eigenvalue weighted by molar-refractivity contribution is 0.0688. The van der Waals surface area contributed by atoms with Crippen LogP contribution in [-0.4, -0.2) is 16.2 Å². The summed E-state index contributed by atoms with van der Waals surface area (Å²) in [6.07, 6.45) is 11.6. The van der Waals surface area contributed by atoms with Crippen LogP contribution >= 0.6 is 0 Å². The Kier molecular flexibility index (Phi) is 4.12. The van der Waals surface area contributed by atoms with Gasteiger partial charge < -0.3 is 14.9 Å². The number of nitrogens with zero attached hydrogens (tertiary/aromatic N) is 1. The molecule has 19 heavy (non-hydrogen) atoms. The third-order valence-electron chi connectivity index (χ3n) is 2.30. The van der Waals surface area contributed by atoms with Crippen LogP contribution in [0.15, 0.2) is 65.5 Å². The molecule has 0 saturated heterocycles. The Morgan fingerprint density at radius 1 is 1.11 bits per heavy atom. The Labute approximate surface area is 109 Å². The summed E-state index contributed by atoms with van der Waals surface area (Å²) < 4.78 is 4.78. The van der Waals surface area contributed by atoms with Crippen LogP contribution in [0.1, 0.15) is 10.5 Å². The zero-order chi connectivity index (χ0) is 13.5. The smallest absolute Gasteiger partial charge is 0.358 e. The molecule has 1 aromatic heterocycles. The van der Waals surface area contributed by atoms with Crippen LogP contribution in [0.5, 0.6) is 0 Å². The third-order valence-corrected chi connectivity index (χ3v) is 2.30. The number of rotatable bonds is 1. The molecule has 3 rings (SSSR count). The van der Waals surface area contributed by atoms with Gasteiger partial charge in [-0.1, -0.05) is 29.4 Å². The van der Waals surface area contributed by atoms with Gasteiger partial charge in [0.25, 0.3) is 0 Å². The highest BCUT2D eigenvalue weighted by Crippen LogP contribution is 2.16. The molecule has 5 nitrogen and oxygen atoms in total. The highest BCUT2D eigenvalue weighted by atomic mass is 16.5. The molecule has 0 saturated carbocycles. The van der Waals surface area contributed by atoms with Gasteiger partial charge in [-0.2, -0.15) is 0 Å². The van der Waals surface area contributed by atoms with Gasteiger partial charge in [-0.05, 0) is 24.3 Å². The maximum absolute atomic E-state index is 10.6. The summed E-state index contributed by atoms with van der Waals surface area (Å²) in [6, 6.07) is 6.84. The fraction of sp³-hybridized carbons (Fsp3) is 0. The van der Waals surface area contributed by atoms with E-state index in [1.165, 1.54) is 0 Å². The SMILES string of the molecule is C1=CC=CNC=C1.O=C(O)c1noc2ccccc12. The molecule has 0 spiro atoms. The standard InChI is InChI=1S/C8H5NO3.C6H7N/c10-8(11)7-5-3-1-2-4-6(5)12-9-7;1-2-4-6-7-5-3-1/h1-4H,(H,10,11);1-7H. The minimum atomic E-state index is -1.07. The second-order valence-electron chi connectivity index (χ2n) is 3.60. The number of nitrogens with one attached hydrogen (secondary N) is 1. The van der Waals surface area contributed by atoms with Crippen molar-refractivity contribution in [2.75, 3.05) is 0 Å². The molecule has 0 aliphatic carbocycles. The van der Waals surface area contributed by atoms with E-state index in [1.807, 2.05) is 36.7 Å². The molecule has 5 heteroatoms. The van der Waals surface area contributed by atoms with E-state index < -0.39 is 5.97 Å². The normalized spacial score (nSPS) is 12.4. The van der Waals surface area contributed by atoms with E-state index in [9.17, 15) is 4.79 Å². The summed E-state index contributed by atoms with van der Waals surface area (Å²) >= 11 is 0. The molecule has 1 aliphatic rings. The number of carbonyl (C=O) groups is 1. The molecule has 1 aromatic carbocycles. The monoisotopic (exact) mass is 256 g/mol. The van der Waals surface area contributed by atoms with Crippen molar-refractivity contribution in [3.05, 3.63) is 66.7 Å². The lowest BCUT2D eigenvalue weighted by Gasteiger charge is -1.84.